The largest absolute Gasteiger partial charge is 0.482 e. The van der Waals surface area contributed by atoms with Gasteiger partial charge in [-0.2, -0.15) is 0 Å². The van der Waals surface area contributed by atoms with Crippen molar-refractivity contribution in [1.82, 2.24) is 5.32 Å². The molecule has 26 heavy (non-hydrogen) atoms. The van der Waals surface area contributed by atoms with Gasteiger partial charge in [0.1, 0.15) is 12.3 Å². The SMILES string of the molecule is CCC(NC(=O)CN1C(=O)COc2cc(Br)ccc21)c1ccc(C)cc1. The molecule has 3 rings (SSSR count). The van der Waals surface area contributed by atoms with Crippen molar-refractivity contribution < 1.29 is 14.3 Å². The van der Waals surface area contributed by atoms with E-state index in [9.17, 15) is 9.59 Å². The van der Waals surface area contributed by atoms with Crippen LogP contribution in [-0.2, 0) is 9.59 Å². The van der Waals surface area contributed by atoms with Crippen molar-refractivity contribution in [2.45, 2.75) is 26.3 Å². The summed E-state index contributed by atoms with van der Waals surface area (Å²) in [7, 11) is 0. The summed E-state index contributed by atoms with van der Waals surface area (Å²) in [6.07, 6.45) is 0.773. The Kier molecular flexibility index (Phi) is 5.61. The third kappa shape index (κ3) is 4.07. The van der Waals surface area contributed by atoms with E-state index >= 15 is 0 Å². The van der Waals surface area contributed by atoms with Gasteiger partial charge in [0.2, 0.25) is 5.91 Å². The summed E-state index contributed by atoms with van der Waals surface area (Å²) in [6, 6.07) is 13.4. The van der Waals surface area contributed by atoms with Crippen molar-refractivity contribution in [3.05, 3.63) is 58.1 Å². The molecule has 136 valence electrons. The van der Waals surface area contributed by atoms with Crippen LogP contribution in [0.3, 0.4) is 0 Å². The highest BCUT2D eigenvalue weighted by Gasteiger charge is 2.28. The van der Waals surface area contributed by atoms with Gasteiger partial charge < -0.3 is 10.1 Å². The van der Waals surface area contributed by atoms with Crippen molar-refractivity contribution in [2.75, 3.05) is 18.1 Å². The van der Waals surface area contributed by atoms with E-state index < -0.39 is 0 Å². The van der Waals surface area contributed by atoms with Gasteiger partial charge in [0.15, 0.2) is 6.61 Å². The molecule has 0 saturated carbocycles. The number of anilines is 1. The fourth-order valence-electron chi connectivity index (χ4n) is 2.96. The lowest BCUT2D eigenvalue weighted by atomic mass is 10.0. The number of hydrogen-bond donors (Lipinski definition) is 1. The van der Waals surface area contributed by atoms with Gasteiger partial charge >= 0.3 is 0 Å². The molecule has 1 atom stereocenters. The van der Waals surface area contributed by atoms with Crippen LogP contribution >= 0.6 is 15.9 Å². The molecule has 2 aromatic carbocycles. The smallest absolute Gasteiger partial charge is 0.265 e. The maximum atomic E-state index is 12.6. The Hall–Kier alpha value is -2.34. The van der Waals surface area contributed by atoms with Gasteiger partial charge in [0.25, 0.3) is 5.91 Å². The molecular formula is C20H21BrN2O3. The fourth-order valence-corrected chi connectivity index (χ4v) is 3.30. The lowest BCUT2D eigenvalue weighted by Crippen LogP contribution is -2.45. The lowest BCUT2D eigenvalue weighted by Gasteiger charge is -2.29. The van der Waals surface area contributed by atoms with E-state index in [2.05, 4.69) is 21.2 Å². The molecule has 1 aliphatic heterocycles. The second-order valence-corrected chi connectivity index (χ2v) is 7.24. The Morgan fingerprint density at radius 1 is 1.27 bits per heavy atom. The molecular weight excluding hydrogens is 396 g/mol. The molecule has 6 heteroatoms. The molecule has 1 N–H and O–H groups in total. The summed E-state index contributed by atoms with van der Waals surface area (Å²) >= 11 is 3.39. The number of nitrogens with zero attached hydrogens (tertiary/aromatic N) is 1. The Bertz CT molecular complexity index is 820. The van der Waals surface area contributed by atoms with Crippen molar-refractivity contribution in [2.24, 2.45) is 0 Å². The predicted molar refractivity (Wildman–Crippen MR) is 104 cm³/mol. The third-order valence-corrected chi connectivity index (χ3v) is 4.88. The van der Waals surface area contributed by atoms with Crippen LogP contribution in [0.15, 0.2) is 46.9 Å². The predicted octanol–water partition coefficient (Wildman–Crippen LogP) is 3.75. The topological polar surface area (TPSA) is 58.6 Å². The minimum atomic E-state index is -0.224. The van der Waals surface area contributed by atoms with Gasteiger partial charge in [-0.05, 0) is 37.1 Å². The zero-order valence-corrected chi connectivity index (χ0v) is 16.4. The zero-order valence-electron chi connectivity index (χ0n) is 14.8. The molecule has 0 bridgehead atoms. The molecule has 0 saturated heterocycles. The van der Waals surface area contributed by atoms with Crippen molar-refractivity contribution in [3.8, 4) is 5.75 Å². The highest BCUT2D eigenvalue weighted by atomic mass is 79.9. The number of benzene rings is 2. The second-order valence-electron chi connectivity index (χ2n) is 6.32. The monoisotopic (exact) mass is 416 g/mol. The Morgan fingerprint density at radius 3 is 2.69 bits per heavy atom. The number of hydrogen-bond acceptors (Lipinski definition) is 3. The van der Waals surface area contributed by atoms with Crippen LogP contribution in [0, 0.1) is 6.92 Å². The van der Waals surface area contributed by atoms with Crippen LogP contribution in [-0.4, -0.2) is 25.0 Å². The average molecular weight is 417 g/mol. The van der Waals surface area contributed by atoms with E-state index in [1.165, 1.54) is 10.5 Å². The van der Waals surface area contributed by atoms with Crippen LogP contribution in [0.5, 0.6) is 5.75 Å². The van der Waals surface area contributed by atoms with E-state index in [0.717, 1.165) is 16.5 Å². The number of halogens is 1. The summed E-state index contributed by atoms with van der Waals surface area (Å²) in [5.41, 5.74) is 2.85. The second kappa shape index (κ2) is 7.91. The van der Waals surface area contributed by atoms with Gasteiger partial charge in [0, 0.05) is 4.47 Å². The van der Waals surface area contributed by atoms with E-state index in [0.29, 0.717) is 11.4 Å². The number of aryl methyl sites for hydroxylation is 1. The van der Waals surface area contributed by atoms with Crippen LogP contribution in [0.2, 0.25) is 0 Å². The van der Waals surface area contributed by atoms with E-state index in [1.54, 1.807) is 12.1 Å². The summed E-state index contributed by atoms with van der Waals surface area (Å²) < 4.78 is 6.32. The van der Waals surface area contributed by atoms with E-state index in [1.807, 2.05) is 44.2 Å². The van der Waals surface area contributed by atoms with Gasteiger partial charge in [-0.15, -0.1) is 0 Å². The third-order valence-electron chi connectivity index (χ3n) is 4.39. The summed E-state index contributed by atoms with van der Waals surface area (Å²) in [4.78, 5) is 26.3. The molecule has 0 aromatic heterocycles. The van der Waals surface area contributed by atoms with Gasteiger partial charge in [-0.1, -0.05) is 52.7 Å². The number of carbonyl (C=O) groups excluding carboxylic acids is 2. The van der Waals surface area contributed by atoms with E-state index in [-0.39, 0.29) is 31.0 Å². The Morgan fingerprint density at radius 2 is 2.00 bits per heavy atom. The normalized spacial score (nSPS) is 14.4. The Labute approximate surface area is 161 Å². The number of fused-ring (bicyclic) bond motifs is 1. The molecule has 0 fully saturated rings. The standard InChI is InChI=1S/C20H21BrN2O3/c1-3-16(14-6-4-13(2)5-7-14)22-19(24)11-23-17-9-8-15(21)10-18(17)26-12-20(23)25/h4-10,16H,3,11-12H2,1-2H3,(H,22,24). The first-order chi connectivity index (χ1) is 12.5. The molecule has 2 amide bonds. The fraction of sp³-hybridized carbons (Fsp3) is 0.300. The number of ether oxygens (including phenoxy) is 1. The maximum Gasteiger partial charge on any atom is 0.265 e. The summed E-state index contributed by atoms with van der Waals surface area (Å²) in [6.45, 7) is 3.96. The van der Waals surface area contributed by atoms with Crippen molar-refractivity contribution in [3.63, 3.8) is 0 Å². The van der Waals surface area contributed by atoms with Crippen molar-refractivity contribution in [1.29, 1.82) is 0 Å². The van der Waals surface area contributed by atoms with Gasteiger partial charge in [-0.3, -0.25) is 14.5 Å². The van der Waals surface area contributed by atoms with Gasteiger partial charge in [-0.25, -0.2) is 0 Å². The maximum absolute atomic E-state index is 12.6. The number of amides is 2. The molecule has 1 heterocycles. The number of carbonyl (C=O) groups is 2. The van der Waals surface area contributed by atoms with Crippen LogP contribution < -0.4 is 15.0 Å². The molecule has 5 nitrogen and oxygen atoms in total. The first-order valence-corrected chi connectivity index (χ1v) is 9.36. The van der Waals surface area contributed by atoms with Crippen molar-refractivity contribution >= 4 is 33.4 Å². The zero-order chi connectivity index (χ0) is 18.7. The molecule has 1 unspecified atom stereocenters. The quantitative estimate of drug-likeness (QED) is 0.806. The number of rotatable bonds is 5. The minimum absolute atomic E-state index is 0.0286. The highest BCUT2D eigenvalue weighted by molar-refractivity contribution is 9.10. The van der Waals surface area contributed by atoms with Gasteiger partial charge in [0.05, 0.1) is 11.7 Å². The highest BCUT2D eigenvalue weighted by Crippen LogP contribution is 2.34. The number of nitrogens with one attached hydrogen (secondary N) is 1. The van der Waals surface area contributed by atoms with Crippen LogP contribution in [0.1, 0.15) is 30.5 Å². The first-order valence-electron chi connectivity index (χ1n) is 8.56. The van der Waals surface area contributed by atoms with E-state index in [4.69, 9.17) is 4.74 Å². The molecule has 0 radical (unpaired) electrons. The molecule has 0 aliphatic carbocycles. The lowest BCUT2D eigenvalue weighted by molar-refractivity contribution is -0.125. The minimum Gasteiger partial charge on any atom is -0.482 e. The summed E-state index contributed by atoms with van der Waals surface area (Å²) in [5.74, 6) is 0.178. The first kappa shape index (κ1) is 18.5. The molecule has 0 spiro atoms. The van der Waals surface area contributed by atoms with Crippen LogP contribution in [0.4, 0.5) is 5.69 Å². The van der Waals surface area contributed by atoms with Crippen LogP contribution in [0.25, 0.3) is 0 Å². The molecule has 2 aromatic rings. The average Bonchev–Trinajstić information content (AvgIpc) is 2.63. The molecule has 1 aliphatic rings. The Balaban J connectivity index is 1.73. The summed E-state index contributed by atoms with van der Waals surface area (Å²) in [5, 5.41) is 3.03.